The summed E-state index contributed by atoms with van der Waals surface area (Å²) in [5.41, 5.74) is 0. The van der Waals surface area contributed by atoms with Gasteiger partial charge in [0, 0.05) is 25.7 Å². The molecule has 564 valence electrons. The minimum atomic E-state index is -4.96. The first-order valence-corrected chi connectivity index (χ1v) is 42.3. The van der Waals surface area contributed by atoms with Gasteiger partial charge in [0.05, 0.1) is 26.4 Å². The maximum absolute atomic E-state index is 13.1. The summed E-state index contributed by atoms with van der Waals surface area (Å²) in [5, 5.41) is 10.6. The SMILES string of the molecule is CCC(C)CCCCCCCCCCCCCCCCCCCCC(=O)O[C@H](COC(=O)CCCCCCCCCCCCC(C)C)COP(=O)(O)OCC(O)COP(=O)(O)OC[C@@H](COC(=O)CCCCCCCCCC(C)C)OC(=O)CCCCCCCCC(C)CC. The molecule has 0 aliphatic carbocycles. The van der Waals surface area contributed by atoms with Crippen LogP contribution >= 0.6 is 15.6 Å². The van der Waals surface area contributed by atoms with Crippen molar-refractivity contribution in [2.24, 2.45) is 23.7 Å². The Morgan fingerprint density at radius 3 is 0.747 bits per heavy atom. The van der Waals surface area contributed by atoms with E-state index in [4.69, 9.17) is 37.0 Å². The van der Waals surface area contributed by atoms with E-state index in [2.05, 4.69) is 55.4 Å². The van der Waals surface area contributed by atoms with Crippen LogP contribution in [0.1, 0.15) is 383 Å². The number of hydrogen-bond donors (Lipinski definition) is 3. The molecule has 0 aromatic carbocycles. The second-order valence-corrected chi connectivity index (χ2v) is 31.7. The summed E-state index contributed by atoms with van der Waals surface area (Å²) >= 11 is 0. The van der Waals surface area contributed by atoms with Gasteiger partial charge in [-0.15, -0.1) is 0 Å². The van der Waals surface area contributed by atoms with E-state index in [1.54, 1.807) is 0 Å². The van der Waals surface area contributed by atoms with Gasteiger partial charge in [0.25, 0.3) is 0 Å². The van der Waals surface area contributed by atoms with Gasteiger partial charge in [0.2, 0.25) is 0 Å². The van der Waals surface area contributed by atoms with Gasteiger partial charge >= 0.3 is 39.5 Å². The smallest absolute Gasteiger partial charge is 0.462 e. The lowest BCUT2D eigenvalue weighted by Gasteiger charge is -2.21. The van der Waals surface area contributed by atoms with Crippen molar-refractivity contribution in [3.63, 3.8) is 0 Å². The van der Waals surface area contributed by atoms with E-state index in [0.717, 1.165) is 114 Å². The normalized spacial score (nSPS) is 14.7. The number of carbonyl (C=O) groups excluding carboxylic acids is 4. The molecule has 95 heavy (non-hydrogen) atoms. The highest BCUT2D eigenvalue weighted by Gasteiger charge is 2.30. The minimum absolute atomic E-state index is 0.102. The van der Waals surface area contributed by atoms with E-state index in [1.165, 1.54) is 180 Å². The van der Waals surface area contributed by atoms with Gasteiger partial charge in [0.15, 0.2) is 12.2 Å². The second kappa shape index (κ2) is 65.4. The number of carbonyl (C=O) groups is 4. The molecule has 0 heterocycles. The molecule has 0 spiro atoms. The first-order chi connectivity index (χ1) is 45.7. The number of aliphatic hydroxyl groups excluding tert-OH is 1. The molecule has 0 rings (SSSR count). The van der Waals surface area contributed by atoms with E-state index < -0.39 is 97.5 Å². The fraction of sp³-hybridized carbons (Fsp3) is 0.947. The Labute approximate surface area is 581 Å². The predicted molar refractivity (Wildman–Crippen MR) is 386 cm³/mol. The van der Waals surface area contributed by atoms with Crippen LogP contribution in [-0.4, -0.2) is 96.7 Å². The van der Waals surface area contributed by atoms with E-state index in [-0.39, 0.29) is 25.7 Å². The molecule has 5 unspecified atom stereocenters. The molecule has 3 N–H and O–H groups in total. The van der Waals surface area contributed by atoms with Crippen molar-refractivity contribution in [3.8, 4) is 0 Å². The zero-order valence-corrected chi connectivity index (χ0v) is 64.1. The molecule has 0 aromatic heterocycles. The maximum Gasteiger partial charge on any atom is 0.472 e. The number of unbranched alkanes of at least 4 members (excludes halogenated alkanes) is 37. The molecule has 0 saturated heterocycles. The highest BCUT2D eigenvalue weighted by molar-refractivity contribution is 7.47. The van der Waals surface area contributed by atoms with Crippen LogP contribution in [0.25, 0.3) is 0 Å². The molecule has 0 saturated carbocycles. The lowest BCUT2D eigenvalue weighted by atomic mass is 9.99. The topological polar surface area (TPSA) is 237 Å². The van der Waals surface area contributed by atoms with Crippen molar-refractivity contribution < 1.29 is 80.2 Å². The summed E-state index contributed by atoms with van der Waals surface area (Å²) in [6, 6.07) is 0. The predicted octanol–water partition coefficient (Wildman–Crippen LogP) is 22.0. The first-order valence-electron chi connectivity index (χ1n) is 39.3. The molecule has 0 aliphatic heterocycles. The number of rotatable bonds is 73. The van der Waals surface area contributed by atoms with Gasteiger partial charge < -0.3 is 33.8 Å². The standard InChI is InChI=1S/C76H148O17P2/c1-9-68(7)54-46-38-30-24-19-17-15-13-11-12-14-16-18-20-26-32-42-50-58-75(80)92-71(62-86-73(78)56-48-40-31-25-22-21-23-28-36-44-52-66(3)4)64-90-94(82,83)88-60-70(77)61-89-95(84,85)91-65-72(93-76(81)59-51-43-35-34-39-47-55-69(8)10-2)63-87-74(79)57-49-41-33-27-29-37-45-53-67(5)6/h66-72,77H,9-65H2,1-8H3,(H,82,83)(H,84,85)/t68?,69?,70?,71-,72-/m1/s1. The summed E-state index contributed by atoms with van der Waals surface area (Å²) in [6.45, 7) is 14.1. The third-order valence-electron chi connectivity index (χ3n) is 18.3. The zero-order valence-electron chi connectivity index (χ0n) is 62.3. The van der Waals surface area contributed by atoms with Gasteiger partial charge in [-0.1, -0.05) is 331 Å². The Bertz CT molecular complexity index is 1870. The van der Waals surface area contributed by atoms with Gasteiger partial charge in [-0.05, 0) is 49.4 Å². The molecule has 19 heteroatoms. The Kier molecular flexibility index (Phi) is 64.0. The summed E-state index contributed by atoms with van der Waals surface area (Å²) in [5.74, 6) is 0.929. The largest absolute Gasteiger partial charge is 0.472 e. The molecule has 0 fully saturated rings. The van der Waals surface area contributed by atoms with E-state index >= 15 is 0 Å². The van der Waals surface area contributed by atoms with Gasteiger partial charge in [-0.25, -0.2) is 9.13 Å². The fourth-order valence-electron chi connectivity index (χ4n) is 11.5. The summed E-state index contributed by atoms with van der Waals surface area (Å²) in [4.78, 5) is 72.7. The van der Waals surface area contributed by atoms with Crippen LogP contribution in [-0.2, 0) is 65.4 Å². The first kappa shape index (κ1) is 93.1. The van der Waals surface area contributed by atoms with Crippen LogP contribution in [0.3, 0.4) is 0 Å². The van der Waals surface area contributed by atoms with Crippen molar-refractivity contribution in [3.05, 3.63) is 0 Å². The number of hydrogen-bond acceptors (Lipinski definition) is 15. The monoisotopic (exact) mass is 1400 g/mol. The van der Waals surface area contributed by atoms with Crippen molar-refractivity contribution in [2.45, 2.75) is 401 Å². The maximum atomic E-state index is 13.1. The molecule has 0 radical (unpaired) electrons. The fourth-order valence-corrected chi connectivity index (χ4v) is 13.1. The lowest BCUT2D eigenvalue weighted by molar-refractivity contribution is -0.161. The molecule has 17 nitrogen and oxygen atoms in total. The number of phosphoric acid groups is 2. The summed E-state index contributed by atoms with van der Waals surface area (Å²) < 4.78 is 68.4. The zero-order chi connectivity index (χ0) is 70.3. The van der Waals surface area contributed by atoms with Gasteiger partial charge in [-0.3, -0.25) is 37.3 Å². The van der Waals surface area contributed by atoms with Gasteiger partial charge in [0.1, 0.15) is 19.3 Å². The van der Waals surface area contributed by atoms with Crippen molar-refractivity contribution in [1.29, 1.82) is 0 Å². The highest BCUT2D eigenvalue weighted by atomic mass is 31.2. The van der Waals surface area contributed by atoms with E-state index in [1.807, 2.05) is 0 Å². The third-order valence-corrected chi connectivity index (χ3v) is 20.2. The summed E-state index contributed by atoms with van der Waals surface area (Å²) in [7, 11) is -9.91. The summed E-state index contributed by atoms with van der Waals surface area (Å²) in [6.07, 6.45) is 50.2. The van der Waals surface area contributed by atoms with E-state index in [0.29, 0.717) is 31.6 Å². The Morgan fingerprint density at radius 2 is 0.505 bits per heavy atom. The Balaban J connectivity index is 5.18. The number of phosphoric ester groups is 2. The van der Waals surface area contributed by atoms with Crippen molar-refractivity contribution in [1.82, 2.24) is 0 Å². The van der Waals surface area contributed by atoms with Crippen LogP contribution in [0.4, 0.5) is 0 Å². The molecule has 7 atom stereocenters. The Morgan fingerprint density at radius 1 is 0.295 bits per heavy atom. The van der Waals surface area contributed by atoms with Crippen LogP contribution in [0, 0.1) is 23.7 Å². The molecule has 0 amide bonds. The molecular weight excluding hydrogens is 1250 g/mol. The number of ether oxygens (including phenoxy) is 4. The molecule has 0 aromatic rings. The number of aliphatic hydroxyl groups is 1. The average Bonchev–Trinajstić information content (AvgIpc) is 1.45. The van der Waals surface area contributed by atoms with Crippen LogP contribution in [0.5, 0.6) is 0 Å². The third kappa shape index (κ3) is 67.6. The average molecular weight is 1400 g/mol. The molecular formula is C76H148O17P2. The van der Waals surface area contributed by atoms with Crippen LogP contribution < -0.4 is 0 Å². The van der Waals surface area contributed by atoms with Crippen LogP contribution in [0.15, 0.2) is 0 Å². The second-order valence-electron chi connectivity index (χ2n) is 28.8. The quantitative estimate of drug-likeness (QED) is 0.0222. The Hall–Kier alpha value is -1.94. The lowest BCUT2D eigenvalue weighted by Crippen LogP contribution is -2.30. The van der Waals surface area contributed by atoms with Crippen LogP contribution in [0.2, 0.25) is 0 Å². The van der Waals surface area contributed by atoms with E-state index in [9.17, 15) is 43.2 Å². The molecule has 0 bridgehead atoms. The highest BCUT2D eigenvalue weighted by Crippen LogP contribution is 2.45. The van der Waals surface area contributed by atoms with Crippen molar-refractivity contribution in [2.75, 3.05) is 39.6 Å². The van der Waals surface area contributed by atoms with Gasteiger partial charge in [-0.2, -0.15) is 0 Å². The molecule has 0 aliphatic rings. The minimum Gasteiger partial charge on any atom is -0.462 e. The number of esters is 4. The van der Waals surface area contributed by atoms with Crippen molar-refractivity contribution >= 4 is 39.5 Å².